The SMILES string of the molecule is C=C(F)C(=O)N1CCN(c2nc(OCC(CCC)(CCC(C)C)CC(F)CC)nc3c2CCC(CCc2ccccc2Cl)C3P)CC1CC#N. The van der Waals surface area contributed by atoms with Crippen LogP contribution in [0.4, 0.5) is 14.6 Å². The maximum atomic E-state index is 15.1. The fourth-order valence-corrected chi connectivity index (χ4v) is 8.54. The molecule has 0 N–H and O–H groups in total. The second-order valence-electron chi connectivity index (χ2n) is 14.7. The van der Waals surface area contributed by atoms with Crippen molar-refractivity contribution in [1.29, 1.82) is 5.26 Å². The summed E-state index contributed by atoms with van der Waals surface area (Å²) in [5, 5.41) is 10.4. The molecule has 7 nitrogen and oxygen atoms in total. The van der Waals surface area contributed by atoms with Crippen LogP contribution in [-0.4, -0.2) is 59.2 Å². The molecular weight excluding hydrogens is 675 g/mol. The number of rotatable bonds is 17. The number of anilines is 1. The number of ether oxygens (including phenoxy) is 1. The zero-order valence-corrected chi connectivity index (χ0v) is 32.2. The molecule has 0 radical (unpaired) electrons. The fraction of sp³-hybridized carbons (Fsp3) is 0.641. The van der Waals surface area contributed by atoms with E-state index in [0.717, 1.165) is 79.0 Å². The van der Waals surface area contributed by atoms with Crippen molar-refractivity contribution in [1.82, 2.24) is 14.9 Å². The first-order valence-electron chi connectivity index (χ1n) is 18.4. The zero-order valence-electron chi connectivity index (χ0n) is 30.3. The third kappa shape index (κ3) is 10.2. The summed E-state index contributed by atoms with van der Waals surface area (Å²) in [6.07, 6.45) is 7.14. The van der Waals surface area contributed by atoms with Crippen molar-refractivity contribution in [3.8, 4) is 12.1 Å². The fourth-order valence-electron chi connectivity index (χ4n) is 7.65. The van der Waals surface area contributed by atoms with E-state index >= 15 is 4.39 Å². The zero-order chi connectivity index (χ0) is 36.4. The second-order valence-corrected chi connectivity index (χ2v) is 15.8. The molecule has 11 heteroatoms. The van der Waals surface area contributed by atoms with Gasteiger partial charge < -0.3 is 14.5 Å². The minimum absolute atomic E-state index is 0.0367. The molecule has 6 unspecified atom stereocenters. The molecule has 2 aliphatic rings. The van der Waals surface area contributed by atoms with Gasteiger partial charge in [-0.15, -0.1) is 9.24 Å². The van der Waals surface area contributed by atoms with Gasteiger partial charge in [-0.05, 0) is 74.8 Å². The van der Waals surface area contributed by atoms with Crippen LogP contribution in [-0.2, 0) is 17.6 Å². The van der Waals surface area contributed by atoms with E-state index in [1.807, 2.05) is 25.1 Å². The number of piperazine rings is 1. The van der Waals surface area contributed by atoms with E-state index in [-0.39, 0.29) is 30.1 Å². The Labute approximate surface area is 305 Å². The highest BCUT2D eigenvalue weighted by Gasteiger charge is 2.38. The number of benzene rings is 1. The van der Waals surface area contributed by atoms with E-state index in [4.69, 9.17) is 26.3 Å². The van der Waals surface area contributed by atoms with Crippen molar-refractivity contribution >= 4 is 32.6 Å². The number of nitriles is 1. The molecular formula is C39H55ClF2N5O2P. The number of hydrogen-bond acceptors (Lipinski definition) is 6. The van der Waals surface area contributed by atoms with Gasteiger partial charge in [0.05, 0.1) is 30.8 Å². The summed E-state index contributed by atoms with van der Waals surface area (Å²) < 4.78 is 35.6. The average Bonchev–Trinajstić information content (AvgIpc) is 3.10. The molecule has 0 saturated carbocycles. The topological polar surface area (TPSA) is 82.3 Å². The molecule has 0 bridgehead atoms. The Balaban J connectivity index is 1.70. The molecule has 274 valence electrons. The van der Waals surface area contributed by atoms with Gasteiger partial charge in [0, 0.05) is 41.3 Å². The van der Waals surface area contributed by atoms with Crippen LogP contribution in [0.3, 0.4) is 0 Å². The summed E-state index contributed by atoms with van der Waals surface area (Å²) in [6.45, 7) is 12.9. The van der Waals surface area contributed by atoms with Crippen molar-refractivity contribution in [3.63, 3.8) is 0 Å². The standard InChI is InChI=1S/C39H55ClF2N5O2P/c1-6-18-39(19-16-26(3)4,23-30(42)7-2)25-49-38-44-34-32(15-14-29(35(34)50)13-12-28-10-8-9-11-33(28)40)36(45-38)46-21-22-47(37(48)27(5)41)31(24-46)17-20-43/h8-11,26,29-31,35H,5-7,12-19,21-25,50H2,1-4H3. The van der Waals surface area contributed by atoms with Crippen molar-refractivity contribution in [3.05, 3.63) is 58.5 Å². The summed E-state index contributed by atoms with van der Waals surface area (Å²) in [7, 11) is 3.02. The lowest BCUT2D eigenvalue weighted by atomic mass is 9.74. The lowest BCUT2D eigenvalue weighted by Gasteiger charge is -2.42. The van der Waals surface area contributed by atoms with Crippen LogP contribution in [0.1, 0.15) is 108 Å². The number of halogens is 3. The van der Waals surface area contributed by atoms with Crippen LogP contribution in [0.25, 0.3) is 0 Å². The third-order valence-electron chi connectivity index (χ3n) is 10.6. The molecule has 1 amide bonds. The monoisotopic (exact) mass is 729 g/mol. The molecule has 1 fully saturated rings. The molecule has 1 aromatic heterocycles. The van der Waals surface area contributed by atoms with Gasteiger partial charge in [-0.25, -0.2) is 8.78 Å². The highest BCUT2D eigenvalue weighted by molar-refractivity contribution is 7.17. The lowest BCUT2D eigenvalue weighted by Crippen LogP contribution is -2.55. The lowest BCUT2D eigenvalue weighted by molar-refractivity contribution is -0.131. The predicted octanol–water partition coefficient (Wildman–Crippen LogP) is 9.40. The largest absolute Gasteiger partial charge is 0.463 e. The number of aromatic nitrogens is 2. The van der Waals surface area contributed by atoms with Crippen LogP contribution in [0, 0.1) is 28.6 Å². The number of amides is 1. The van der Waals surface area contributed by atoms with Gasteiger partial charge in [0.15, 0.2) is 5.83 Å². The highest BCUT2D eigenvalue weighted by Crippen LogP contribution is 2.46. The maximum absolute atomic E-state index is 15.1. The molecule has 1 aliphatic carbocycles. The quantitative estimate of drug-likeness (QED) is 0.119. The van der Waals surface area contributed by atoms with E-state index in [1.54, 1.807) is 0 Å². The molecule has 2 heterocycles. The number of nitrogens with zero attached hydrogens (tertiary/aromatic N) is 5. The summed E-state index contributed by atoms with van der Waals surface area (Å²) >= 11 is 6.50. The summed E-state index contributed by atoms with van der Waals surface area (Å²) in [5.74, 6) is -0.262. The Morgan fingerprint density at radius 2 is 2.00 bits per heavy atom. The first kappa shape index (κ1) is 40.0. The van der Waals surface area contributed by atoms with E-state index in [0.29, 0.717) is 44.4 Å². The Morgan fingerprint density at radius 1 is 1.24 bits per heavy atom. The Kier molecular flexibility index (Phi) is 14.9. The van der Waals surface area contributed by atoms with Crippen molar-refractivity contribution in [2.75, 3.05) is 31.1 Å². The number of carbonyl (C=O) groups is 1. The molecule has 4 rings (SSSR count). The van der Waals surface area contributed by atoms with Gasteiger partial charge in [0.25, 0.3) is 5.91 Å². The average molecular weight is 730 g/mol. The van der Waals surface area contributed by atoms with Crippen LogP contribution in [0.2, 0.25) is 5.02 Å². The summed E-state index contributed by atoms with van der Waals surface area (Å²) in [4.78, 5) is 26.2. The number of fused-ring (bicyclic) bond motifs is 1. The smallest absolute Gasteiger partial charge is 0.318 e. The van der Waals surface area contributed by atoms with Crippen LogP contribution >= 0.6 is 20.8 Å². The minimum Gasteiger partial charge on any atom is -0.463 e. The van der Waals surface area contributed by atoms with E-state index in [2.05, 4.69) is 53.6 Å². The van der Waals surface area contributed by atoms with Gasteiger partial charge in [0.2, 0.25) is 0 Å². The highest BCUT2D eigenvalue weighted by atomic mass is 35.5. The minimum atomic E-state index is -1.03. The van der Waals surface area contributed by atoms with Gasteiger partial charge in [0.1, 0.15) is 12.0 Å². The number of carbonyl (C=O) groups excluding carboxylic acids is 1. The number of hydrogen-bond donors (Lipinski definition) is 0. The molecule has 1 aromatic carbocycles. The number of aryl methyl sites for hydroxylation is 1. The summed E-state index contributed by atoms with van der Waals surface area (Å²) in [6, 6.07) is 9.87. The van der Waals surface area contributed by atoms with Gasteiger partial charge >= 0.3 is 6.01 Å². The Hall–Kier alpha value is -2.82. The van der Waals surface area contributed by atoms with Crippen LogP contribution in [0.5, 0.6) is 6.01 Å². The molecule has 0 spiro atoms. The van der Waals surface area contributed by atoms with E-state index in [1.165, 1.54) is 4.90 Å². The van der Waals surface area contributed by atoms with E-state index in [9.17, 15) is 14.4 Å². The first-order chi connectivity index (χ1) is 23.9. The van der Waals surface area contributed by atoms with Crippen molar-refractivity contribution in [2.45, 2.75) is 116 Å². The van der Waals surface area contributed by atoms with Gasteiger partial charge in [-0.2, -0.15) is 15.2 Å². The summed E-state index contributed by atoms with van der Waals surface area (Å²) in [5.41, 5.74) is 2.77. The predicted molar refractivity (Wildman–Crippen MR) is 201 cm³/mol. The Morgan fingerprint density at radius 3 is 2.66 bits per heavy atom. The molecule has 6 atom stereocenters. The second kappa shape index (κ2) is 18.6. The van der Waals surface area contributed by atoms with Crippen molar-refractivity contribution in [2.24, 2.45) is 17.3 Å². The van der Waals surface area contributed by atoms with Crippen LogP contribution < -0.4 is 9.64 Å². The molecule has 1 aliphatic heterocycles. The Bertz CT molecular complexity index is 1510. The third-order valence-corrected chi connectivity index (χ3v) is 11.8. The maximum Gasteiger partial charge on any atom is 0.318 e. The number of alkyl halides is 1. The molecule has 50 heavy (non-hydrogen) atoms. The van der Waals surface area contributed by atoms with Gasteiger partial charge in [-0.1, -0.05) is 76.9 Å². The van der Waals surface area contributed by atoms with Crippen molar-refractivity contribution < 1.29 is 18.3 Å². The van der Waals surface area contributed by atoms with Crippen LogP contribution in [0.15, 0.2) is 36.7 Å². The molecule has 2 aromatic rings. The molecule has 1 saturated heterocycles. The van der Waals surface area contributed by atoms with E-state index < -0.39 is 23.9 Å². The first-order valence-corrected chi connectivity index (χ1v) is 19.4. The van der Waals surface area contributed by atoms with Gasteiger partial charge in [-0.3, -0.25) is 4.79 Å². The normalized spacial score (nSPS) is 20.9.